The van der Waals surface area contributed by atoms with Crippen molar-refractivity contribution in [2.24, 2.45) is 0 Å². The van der Waals surface area contributed by atoms with E-state index in [2.05, 4.69) is 12.6 Å². The molecule has 3 N–H and O–H groups in total. The van der Waals surface area contributed by atoms with Crippen LogP contribution in [0.15, 0.2) is 18.2 Å². The second-order valence-corrected chi connectivity index (χ2v) is 4.16. The number of thiol groups is 1. The van der Waals surface area contributed by atoms with Crippen LogP contribution in [0, 0.1) is 0 Å². The van der Waals surface area contributed by atoms with Crippen molar-refractivity contribution in [3.05, 3.63) is 34.9 Å². The maximum absolute atomic E-state index is 12.8. The van der Waals surface area contributed by atoms with E-state index in [1.165, 1.54) is 0 Å². The molecule has 106 valence electrons. The third kappa shape index (κ3) is 3.62. The molecule has 0 aliphatic carbocycles. The summed E-state index contributed by atoms with van der Waals surface area (Å²) < 4.78 is 38.4. The number of aliphatic hydroxyl groups is 2. The van der Waals surface area contributed by atoms with E-state index in [0.717, 1.165) is 12.1 Å². The number of halogens is 3. The molecule has 0 radical (unpaired) electrons. The molecule has 0 saturated heterocycles. The Morgan fingerprint density at radius 3 is 2.32 bits per heavy atom. The molecule has 0 saturated carbocycles. The Balaban J connectivity index is 3.36. The second-order valence-electron chi connectivity index (χ2n) is 3.80. The molecule has 1 aromatic carbocycles. The number of carbonyl (C=O) groups is 1. The Morgan fingerprint density at radius 1 is 1.32 bits per heavy atom. The van der Waals surface area contributed by atoms with Crippen LogP contribution in [-0.4, -0.2) is 33.1 Å². The van der Waals surface area contributed by atoms with Crippen LogP contribution in [-0.2, 0) is 6.18 Å². The first kappa shape index (κ1) is 15.8. The van der Waals surface area contributed by atoms with Crippen molar-refractivity contribution in [2.75, 3.05) is 5.75 Å². The fourth-order valence-corrected chi connectivity index (χ4v) is 1.70. The number of rotatable bonds is 4. The minimum absolute atomic E-state index is 0.237. The zero-order valence-electron chi connectivity index (χ0n) is 9.42. The molecule has 4 nitrogen and oxygen atoms in total. The predicted molar refractivity (Wildman–Crippen MR) is 63.2 cm³/mol. The normalized spacial score (nSPS) is 15.1. The van der Waals surface area contributed by atoms with Gasteiger partial charge in [-0.05, 0) is 17.7 Å². The van der Waals surface area contributed by atoms with Crippen LogP contribution < -0.4 is 0 Å². The van der Waals surface area contributed by atoms with Gasteiger partial charge in [-0.25, -0.2) is 4.79 Å². The van der Waals surface area contributed by atoms with E-state index in [0.29, 0.717) is 6.07 Å². The first-order chi connectivity index (χ1) is 8.68. The van der Waals surface area contributed by atoms with Crippen molar-refractivity contribution >= 4 is 18.6 Å². The van der Waals surface area contributed by atoms with Gasteiger partial charge in [0.15, 0.2) is 0 Å². The first-order valence-corrected chi connectivity index (χ1v) is 5.73. The smallest absolute Gasteiger partial charge is 0.416 e. The van der Waals surface area contributed by atoms with Crippen molar-refractivity contribution in [1.29, 1.82) is 0 Å². The minimum Gasteiger partial charge on any atom is -0.478 e. The van der Waals surface area contributed by atoms with Gasteiger partial charge in [0.25, 0.3) is 0 Å². The van der Waals surface area contributed by atoms with Crippen molar-refractivity contribution < 1.29 is 33.3 Å². The number of aromatic carboxylic acids is 1. The molecule has 2 unspecified atom stereocenters. The van der Waals surface area contributed by atoms with Crippen molar-refractivity contribution in [3.8, 4) is 0 Å². The summed E-state index contributed by atoms with van der Waals surface area (Å²) in [7, 11) is 0. The summed E-state index contributed by atoms with van der Waals surface area (Å²) in [5.41, 5.74) is -2.43. The number of hydrogen-bond donors (Lipinski definition) is 4. The van der Waals surface area contributed by atoms with E-state index in [1.54, 1.807) is 0 Å². The lowest BCUT2D eigenvalue weighted by molar-refractivity contribution is -0.139. The Labute approximate surface area is 111 Å². The molecule has 0 bridgehead atoms. The summed E-state index contributed by atoms with van der Waals surface area (Å²) in [6, 6.07) is 2.19. The largest absolute Gasteiger partial charge is 0.478 e. The minimum atomic E-state index is -4.84. The second kappa shape index (κ2) is 5.81. The van der Waals surface area contributed by atoms with Crippen molar-refractivity contribution in [3.63, 3.8) is 0 Å². The van der Waals surface area contributed by atoms with Crippen LogP contribution in [0.25, 0.3) is 0 Å². The van der Waals surface area contributed by atoms with E-state index in [-0.39, 0.29) is 5.75 Å². The van der Waals surface area contributed by atoms with Gasteiger partial charge in [-0.3, -0.25) is 0 Å². The van der Waals surface area contributed by atoms with Gasteiger partial charge >= 0.3 is 12.1 Å². The van der Waals surface area contributed by atoms with Crippen LogP contribution in [0.3, 0.4) is 0 Å². The van der Waals surface area contributed by atoms with Gasteiger partial charge < -0.3 is 15.3 Å². The van der Waals surface area contributed by atoms with E-state index in [4.69, 9.17) is 5.11 Å². The van der Waals surface area contributed by atoms with E-state index in [9.17, 15) is 28.2 Å². The number of carboxylic acids is 1. The monoisotopic (exact) mass is 296 g/mol. The Hall–Kier alpha value is -1.25. The fourth-order valence-electron chi connectivity index (χ4n) is 1.50. The lowest BCUT2D eigenvalue weighted by Crippen LogP contribution is -2.23. The van der Waals surface area contributed by atoms with Gasteiger partial charge in [0.05, 0.1) is 17.2 Å². The average molecular weight is 296 g/mol. The summed E-state index contributed by atoms with van der Waals surface area (Å²) in [6.45, 7) is 0. The highest BCUT2D eigenvalue weighted by atomic mass is 32.1. The third-order valence-corrected chi connectivity index (χ3v) is 2.85. The summed E-state index contributed by atoms with van der Waals surface area (Å²) in [5.74, 6) is -1.75. The number of benzene rings is 1. The van der Waals surface area contributed by atoms with Crippen molar-refractivity contribution in [1.82, 2.24) is 0 Å². The summed E-state index contributed by atoms with van der Waals surface area (Å²) in [5, 5.41) is 27.6. The van der Waals surface area contributed by atoms with Crippen LogP contribution >= 0.6 is 12.6 Å². The zero-order valence-corrected chi connectivity index (χ0v) is 10.3. The fraction of sp³-hybridized carbons (Fsp3) is 0.364. The van der Waals surface area contributed by atoms with Crippen LogP contribution in [0.1, 0.15) is 27.6 Å². The van der Waals surface area contributed by atoms with Crippen molar-refractivity contribution in [2.45, 2.75) is 18.4 Å². The molecule has 0 aliphatic heterocycles. The van der Waals surface area contributed by atoms with Crippen LogP contribution in [0.5, 0.6) is 0 Å². The lowest BCUT2D eigenvalue weighted by atomic mass is 9.96. The molecule has 1 rings (SSSR count). The van der Waals surface area contributed by atoms with Gasteiger partial charge in [0.1, 0.15) is 6.10 Å². The maximum Gasteiger partial charge on any atom is 0.416 e. The molecular formula is C11H11F3O4S. The topological polar surface area (TPSA) is 77.8 Å². The molecule has 8 heteroatoms. The highest BCUT2D eigenvalue weighted by Crippen LogP contribution is 2.36. The lowest BCUT2D eigenvalue weighted by Gasteiger charge is -2.21. The molecule has 0 amide bonds. The zero-order chi connectivity index (χ0) is 14.8. The number of aliphatic hydroxyl groups excluding tert-OH is 2. The molecule has 0 heterocycles. The highest BCUT2D eigenvalue weighted by molar-refractivity contribution is 7.80. The molecule has 1 aromatic rings. The quantitative estimate of drug-likeness (QED) is 0.638. The SMILES string of the molecule is O=C(O)c1ccc(C(O)C(O)CS)c(C(F)(F)F)c1. The molecule has 0 spiro atoms. The number of alkyl halides is 3. The van der Waals surface area contributed by atoms with E-state index in [1.807, 2.05) is 0 Å². The van der Waals surface area contributed by atoms with Crippen LogP contribution in [0.2, 0.25) is 0 Å². The summed E-state index contributed by atoms with van der Waals surface area (Å²) in [4.78, 5) is 10.7. The van der Waals surface area contributed by atoms with Crippen LogP contribution in [0.4, 0.5) is 13.2 Å². The molecule has 0 aliphatic rings. The van der Waals surface area contributed by atoms with Gasteiger partial charge in [-0.1, -0.05) is 6.07 Å². The maximum atomic E-state index is 12.8. The summed E-state index contributed by atoms with van der Waals surface area (Å²) in [6.07, 6.45) is -8.12. The predicted octanol–water partition coefficient (Wildman–Crippen LogP) is 1.73. The molecule has 0 aromatic heterocycles. The van der Waals surface area contributed by atoms with Gasteiger partial charge in [-0.15, -0.1) is 0 Å². The molecule has 19 heavy (non-hydrogen) atoms. The Kier molecular flexibility index (Phi) is 4.83. The van der Waals surface area contributed by atoms with Gasteiger partial charge in [-0.2, -0.15) is 25.8 Å². The molecule has 0 fully saturated rings. The van der Waals surface area contributed by atoms with E-state index < -0.39 is 41.0 Å². The van der Waals surface area contributed by atoms with E-state index >= 15 is 0 Å². The number of carboxylic acid groups (broad SMARTS) is 1. The first-order valence-electron chi connectivity index (χ1n) is 5.10. The summed E-state index contributed by atoms with van der Waals surface area (Å²) >= 11 is 3.68. The standard InChI is InChI=1S/C11H11F3O4S/c12-11(13,14)7-3-5(10(17)18)1-2-6(7)9(16)8(15)4-19/h1-3,8-9,15-16,19H,4H2,(H,17,18). The highest BCUT2D eigenvalue weighted by Gasteiger charge is 2.37. The Bertz CT molecular complexity index is 475. The molecule has 2 atom stereocenters. The number of hydrogen-bond acceptors (Lipinski definition) is 4. The average Bonchev–Trinajstić information content (AvgIpc) is 2.35. The molecular weight excluding hydrogens is 285 g/mol. The van der Waals surface area contributed by atoms with Gasteiger partial charge in [0.2, 0.25) is 0 Å². The van der Waals surface area contributed by atoms with Gasteiger partial charge in [0, 0.05) is 5.75 Å². The third-order valence-electron chi connectivity index (χ3n) is 2.48. The Morgan fingerprint density at radius 2 is 1.89 bits per heavy atom.